The summed E-state index contributed by atoms with van der Waals surface area (Å²) in [6.45, 7) is 1.49. The van der Waals surface area contributed by atoms with Gasteiger partial charge < -0.3 is 15.8 Å². The van der Waals surface area contributed by atoms with Crippen molar-refractivity contribution in [3.05, 3.63) is 65.7 Å². The van der Waals surface area contributed by atoms with E-state index in [4.69, 9.17) is 10.5 Å². The zero-order chi connectivity index (χ0) is 19.6. The van der Waals surface area contributed by atoms with Gasteiger partial charge in [0.15, 0.2) is 6.61 Å². The number of ether oxygens (including phenoxy) is 1. The summed E-state index contributed by atoms with van der Waals surface area (Å²) < 4.78 is 5.25. The fourth-order valence-corrected chi connectivity index (χ4v) is 2.17. The Hall–Kier alpha value is -3.68. The van der Waals surface area contributed by atoms with Gasteiger partial charge in [-0.15, -0.1) is 0 Å². The van der Waals surface area contributed by atoms with Crippen LogP contribution in [-0.4, -0.2) is 30.5 Å². The van der Waals surface area contributed by atoms with Crippen molar-refractivity contribution in [1.82, 2.24) is 10.7 Å². The van der Waals surface area contributed by atoms with E-state index in [1.54, 1.807) is 31.2 Å². The molecule has 0 aliphatic carbocycles. The van der Waals surface area contributed by atoms with E-state index < -0.39 is 17.7 Å². The lowest BCUT2D eigenvalue weighted by atomic mass is 10.1. The first kappa shape index (κ1) is 19.6. The van der Waals surface area contributed by atoms with Gasteiger partial charge in [-0.3, -0.25) is 14.4 Å². The average molecular weight is 368 g/mol. The van der Waals surface area contributed by atoms with Crippen molar-refractivity contribution in [3.8, 4) is 5.75 Å². The average Bonchev–Trinajstić information content (AvgIpc) is 2.67. The van der Waals surface area contributed by atoms with Crippen LogP contribution in [0.4, 0.5) is 0 Å². The van der Waals surface area contributed by atoms with Crippen LogP contribution < -0.4 is 21.2 Å². The second-order valence-electron chi connectivity index (χ2n) is 5.60. The largest absolute Gasteiger partial charge is 0.483 e. The Morgan fingerprint density at radius 1 is 1.07 bits per heavy atom. The molecule has 0 saturated carbocycles. The molecule has 0 spiro atoms. The number of para-hydroxylation sites is 1. The van der Waals surface area contributed by atoms with Crippen molar-refractivity contribution in [2.45, 2.75) is 13.0 Å². The zero-order valence-electron chi connectivity index (χ0n) is 14.7. The maximum Gasteiger partial charge on any atom is 0.329 e. The fraction of sp³-hybridized carbons (Fsp3) is 0.158. The second-order valence-corrected chi connectivity index (χ2v) is 5.60. The SMILES string of the molecule is C[C@@H](NC(=O)C(=O)N/N=C\c1ccccc1OCC(N)=O)c1ccccc1. The summed E-state index contributed by atoms with van der Waals surface area (Å²) >= 11 is 0. The van der Waals surface area contributed by atoms with Crippen LogP contribution in [0.5, 0.6) is 5.75 Å². The van der Waals surface area contributed by atoms with Gasteiger partial charge in [0.25, 0.3) is 5.91 Å². The normalized spacial score (nSPS) is 11.6. The molecule has 0 aromatic heterocycles. The Morgan fingerprint density at radius 3 is 2.44 bits per heavy atom. The van der Waals surface area contributed by atoms with Gasteiger partial charge in [-0.2, -0.15) is 5.10 Å². The molecular formula is C19H20N4O4. The number of nitrogens with one attached hydrogen (secondary N) is 2. The first-order valence-electron chi connectivity index (χ1n) is 8.16. The maximum absolute atomic E-state index is 11.9. The lowest BCUT2D eigenvalue weighted by Gasteiger charge is -2.13. The summed E-state index contributed by atoms with van der Waals surface area (Å²) in [5.41, 5.74) is 8.59. The summed E-state index contributed by atoms with van der Waals surface area (Å²) in [7, 11) is 0. The first-order chi connectivity index (χ1) is 13.0. The molecule has 0 fully saturated rings. The number of rotatable bonds is 7. The number of carbonyl (C=O) groups excluding carboxylic acids is 3. The van der Waals surface area contributed by atoms with Crippen LogP contribution in [0.3, 0.4) is 0 Å². The van der Waals surface area contributed by atoms with Gasteiger partial charge in [-0.05, 0) is 24.6 Å². The standard InChI is InChI=1S/C19H20N4O4/c1-13(14-7-3-2-4-8-14)22-18(25)19(26)23-21-11-15-9-5-6-10-16(15)27-12-17(20)24/h2-11,13H,12H2,1H3,(H2,20,24)(H,22,25)(H,23,26)/b21-11-/t13-/m1/s1. The van der Waals surface area contributed by atoms with Crippen LogP contribution in [-0.2, 0) is 14.4 Å². The van der Waals surface area contributed by atoms with Crippen molar-refractivity contribution in [3.63, 3.8) is 0 Å². The van der Waals surface area contributed by atoms with Crippen molar-refractivity contribution < 1.29 is 19.1 Å². The molecule has 0 aliphatic heterocycles. The number of hydrazone groups is 1. The van der Waals surface area contributed by atoms with Gasteiger partial charge in [-0.25, -0.2) is 5.43 Å². The maximum atomic E-state index is 11.9. The van der Waals surface area contributed by atoms with E-state index in [0.717, 1.165) is 5.56 Å². The van der Waals surface area contributed by atoms with E-state index in [-0.39, 0.29) is 12.6 Å². The van der Waals surface area contributed by atoms with Gasteiger partial charge in [0, 0.05) is 5.56 Å². The quantitative estimate of drug-likeness (QED) is 0.381. The predicted molar refractivity (Wildman–Crippen MR) is 99.9 cm³/mol. The molecule has 2 aromatic carbocycles. The predicted octanol–water partition coefficient (Wildman–Crippen LogP) is 0.878. The molecule has 0 unspecified atom stereocenters. The lowest BCUT2D eigenvalue weighted by Crippen LogP contribution is -2.39. The topological polar surface area (TPSA) is 123 Å². The third-order valence-corrected chi connectivity index (χ3v) is 3.51. The number of nitrogens with zero attached hydrogens (tertiary/aromatic N) is 1. The smallest absolute Gasteiger partial charge is 0.329 e. The summed E-state index contributed by atoms with van der Waals surface area (Å²) in [5, 5.41) is 6.34. The molecule has 1 atom stereocenters. The summed E-state index contributed by atoms with van der Waals surface area (Å²) in [5.74, 6) is -1.94. The third kappa shape index (κ3) is 6.28. The van der Waals surface area contributed by atoms with E-state index in [1.165, 1.54) is 6.21 Å². The lowest BCUT2D eigenvalue weighted by molar-refractivity contribution is -0.139. The second kappa shape index (κ2) is 9.71. The molecule has 0 radical (unpaired) electrons. The summed E-state index contributed by atoms with van der Waals surface area (Å²) in [6, 6.07) is 15.7. The molecule has 2 rings (SSSR count). The molecule has 0 heterocycles. The monoisotopic (exact) mass is 368 g/mol. The minimum atomic E-state index is -0.899. The minimum Gasteiger partial charge on any atom is -0.483 e. The van der Waals surface area contributed by atoms with Crippen LogP contribution in [0.2, 0.25) is 0 Å². The van der Waals surface area contributed by atoms with Gasteiger partial charge in [0.05, 0.1) is 12.3 Å². The molecule has 2 aromatic rings. The van der Waals surface area contributed by atoms with E-state index >= 15 is 0 Å². The number of hydrogen-bond donors (Lipinski definition) is 3. The summed E-state index contributed by atoms with van der Waals surface area (Å²) in [6.07, 6.45) is 1.31. The number of primary amides is 1. The Morgan fingerprint density at radius 2 is 1.74 bits per heavy atom. The molecule has 0 aliphatic rings. The highest BCUT2D eigenvalue weighted by Crippen LogP contribution is 2.15. The van der Waals surface area contributed by atoms with Gasteiger partial charge >= 0.3 is 11.8 Å². The molecule has 3 amide bonds. The van der Waals surface area contributed by atoms with Crippen molar-refractivity contribution >= 4 is 23.9 Å². The number of nitrogens with two attached hydrogens (primary N) is 1. The number of benzene rings is 2. The van der Waals surface area contributed by atoms with E-state index in [0.29, 0.717) is 11.3 Å². The Bertz CT molecular complexity index is 837. The molecule has 0 saturated heterocycles. The minimum absolute atomic E-state index is 0.281. The van der Waals surface area contributed by atoms with E-state index in [1.807, 2.05) is 30.3 Å². The molecule has 140 valence electrons. The van der Waals surface area contributed by atoms with Gasteiger partial charge in [0.1, 0.15) is 5.75 Å². The number of amides is 3. The van der Waals surface area contributed by atoms with Crippen molar-refractivity contribution in [2.24, 2.45) is 10.8 Å². The number of hydrogen-bond acceptors (Lipinski definition) is 5. The highest BCUT2D eigenvalue weighted by Gasteiger charge is 2.16. The zero-order valence-corrected chi connectivity index (χ0v) is 14.7. The van der Waals surface area contributed by atoms with Crippen LogP contribution in [0, 0.1) is 0 Å². The Balaban J connectivity index is 1.91. The molecule has 8 nitrogen and oxygen atoms in total. The van der Waals surface area contributed by atoms with Gasteiger partial charge in [0.2, 0.25) is 0 Å². The van der Waals surface area contributed by atoms with E-state index in [9.17, 15) is 14.4 Å². The Kier molecular flexibility index (Phi) is 7.07. The van der Waals surface area contributed by atoms with Crippen LogP contribution >= 0.6 is 0 Å². The molecule has 27 heavy (non-hydrogen) atoms. The van der Waals surface area contributed by atoms with Gasteiger partial charge in [-0.1, -0.05) is 42.5 Å². The van der Waals surface area contributed by atoms with E-state index in [2.05, 4.69) is 15.8 Å². The Labute approximate surface area is 156 Å². The molecule has 8 heteroatoms. The van der Waals surface area contributed by atoms with Crippen LogP contribution in [0.15, 0.2) is 59.7 Å². The molecule has 0 bridgehead atoms. The van der Waals surface area contributed by atoms with Crippen LogP contribution in [0.25, 0.3) is 0 Å². The molecule has 4 N–H and O–H groups in total. The van der Waals surface area contributed by atoms with Crippen molar-refractivity contribution in [1.29, 1.82) is 0 Å². The van der Waals surface area contributed by atoms with Crippen LogP contribution in [0.1, 0.15) is 24.1 Å². The first-order valence-corrected chi connectivity index (χ1v) is 8.16. The number of carbonyl (C=O) groups is 3. The molecular weight excluding hydrogens is 348 g/mol. The fourth-order valence-electron chi connectivity index (χ4n) is 2.17. The highest BCUT2D eigenvalue weighted by atomic mass is 16.5. The summed E-state index contributed by atoms with van der Waals surface area (Å²) in [4.78, 5) is 34.6. The highest BCUT2D eigenvalue weighted by molar-refractivity contribution is 6.35. The van der Waals surface area contributed by atoms with Crippen molar-refractivity contribution in [2.75, 3.05) is 6.61 Å². The third-order valence-electron chi connectivity index (χ3n) is 3.51.